The number of hydrogen-bond donors (Lipinski definition) is 3. The van der Waals surface area contributed by atoms with Crippen molar-refractivity contribution in [1.82, 2.24) is 5.32 Å². The molecule has 28 heavy (non-hydrogen) atoms. The fraction of sp³-hybridized carbons (Fsp3) is 0.200. The van der Waals surface area contributed by atoms with Gasteiger partial charge in [-0.2, -0.15) is 0 Å². The zero-order valence-corrected chi connectivity index (χ0v) is 16.0. The molecule has 1 atom stereocenters. The maximum Gasteiger partial charge on any atom is 0.247 e. The quantitative estimate of drug-likeness (QED) is 0.677. The van der Waals surface area contributed by atoms with Crippen molar-refractivity contribution >= 4 is 46.0 Å². The van der Waals surface area contributed by atoms with Crippen molar-refractivity contribution in [3.05, 3.63) is 60.7 Å². The second-order valence-electron chi connectivity index (χ2n) is 6.24. The molecule has 0 saturated heterocycles. The SMILES string of the molecule is C[C@H]1CC(=O)NC(SC(C(=O)Nc2ccccc2)C(=O)Nc2ccccc2)=N1. The Balaban J connectivity index is 1.79. The number of rotatable bonds is 5. The van der Waals surface area contributed by atoms with Crippen LogP contribution in [0.25, 0.3) is 0 Å². The molecule has 1 aliphatic rings. The van der Waals surface area contributed by atoms with E-state index in [9.17, 15) is 14.4 Å². The predicted octanol–water partition coefficient (Wildman–Crippen LogP) is 2.63. The number of amidine groups is 1. The summed E-state index contributed by atoms with van der Waals surface area (Å²) in [6, 6.07) is 17.5. The van der Waals surface area contributed by atoms with Gasteiger partial charge in [-0.25, -0.2) is 0 Å². The van der Waals surface area contributed by atoms with Gasteiger partial charge >= 0.3 is 0 Å². The van der Waals surface area contributed by atoms with Crippen molar-refractivity contribution in [2.75, 3.05) is 10.6 Å². The minimum atomic E-state index is -1.13. The molecule has 144 valence electrons. The normalized spacial score (nSPS) is 16.1. The van der Waals surface area contributed by atoms with Crippen molar-refractivity contribution in [2.24, 2.45) is 4.99 Å². The highest BCUT2D eigenvalue weighted by atomic mass is 32.2. The summed E-state index contributed by atoms with van der Waals surface area (Å²) in [5, 5.41) is 7.22. The average molecular weight is 396 g/mol. The highest BCUT2D eigenvalue weighted by molar-refractivity contribution is 8.15. The minimum Gasteiger partial charge on any atom is -0.325 e. The van der Waals surface area contributed by atoms with E-state index in [2.05, 4.69) is 20.9 Å². The van der Waals surface area contributed by atoms with E-state index in [1.54, 1.807) is 48.5 Å². The van der Waals surface area contributed by atoms with Crippen molar-refractivity contribution in [1.29, 1.82) is 0 Å². The molecule has 0 aliphatic carbocycles. The van der Waals surface area contributed by atoms with Gasteiger partial charge in [0.25, 0.3) is 0 Å². The van der Waals surface area contributed by atoms with Gasteiger partial charge < -0.3 is 16.0 Å². The maximum atomic E-state index is 12.8. The Labute approximate surface area is 167 Å². The van der Waals surface area contributed by atoms with E-state index in [-0.39, 0.29) is 23.5 Å². The van der Waals surface area contributed by atoms with Gasteiger partial charge in [-0.15, -0.1) is 0 Å². The smallest absolute Gasteiger partial charge is 0.247 e. The molecule has 0 bridgehead atoms. The number of hydrogen-bond acceptors (Lipinski definition) is 5. The van der Waals surface area contributed by atoms with Gasteiger partial charge in [-0.05, 0) is 31.2 Å². The number of anilines is 2. The Morgan fingerprint density at radius 1 is 1.00 bits per heavy atom. The highest BCUT2D eigenvalue weighted by Crippen LogP contribution is 2.20. The Hall–Kier alpha value is -3.13. The summed E-state index contributed by atoms with van der Waals surface area (Å²) < 4.78 is 0. The Kier molecular flexibility index (Phi) is 6.44. The largest absolute Gasteiger partial charge is 0.325 e. The summed E-state index contributed by atoms with van der Waals surface area (Å²) in [5.74, 6) is -1.18. The topological polar surface area (TPSA) is 99.7 Å². The number of carbonyl (C=O) groups excluding carboxylic acids is 3. The van der Waals surface area contributed by atoms with Crippen molar-refractivity contribution < 1.29 is 14.4 Å². The first kappa shape index (κ1) is 19.6. The van der Waals surface area contributed by atoms with Crippen LogP contribution in [0.15, 0.2) is 65.7 Å². The molecule has 0 aromatic heterocycles. The number of para-hydroxylation sites is 2. The first-order chi connectivity index (χ1) is 13.5. The summed E-state index contributed by atoms with van der Waals surface area (Å²) in [7, 11) is 0. The van der Waals surface area contributed by atoms with Gasteiger partial charge in [-0.3, -0.25) is 19.4 Å². The average Bonchev–Trinajstić information content (AvgIpc) is 2.67. The molecule has 0 radical (unpaired) electrons. The lowest BCUT2D eigenvalue weighted by Crippen LogP contribution is -2.42. The maximum absolute atomic E-state index is 12.8. The van der Waals surface area contributed by atoms with Crippen molar-refractivity contribution in [2.45, 2.75) is 24.6 Å². The van der Waals surface area contributed by atoms with Crippen LogP contribution >= 0.6 is 11.8 Å². The zero-order chi connectivity index (χ0) is 19.9. The van der Waals surface area contributed by atoms with Crippen LogP contribution in [0.3, 0.4) is 0 Å². The Morgan fingerprint density at radius 3 is 1.96 bits per heavy atom. The van der Waals surface area contributed by atoms with E-state index in [0.29, 0.717) is 11.4 Å². The monoisotopic (exact) mass is 396 g/mol. The summed E-state index contributed by atoms with van der Waals surface area (Å²) in [4.78, 5) is 41.8. The van der Waals surface area contributed by atoms with Gasteiger partial charge in [-0.1, -0.05) is 48.2 Å². The third kappa shape index (κ3) is 5.43. The molecule has 0 fully saturated rings. The van der Waals surface area contributed by atoms with Crippen LogP contribution in [0.5, 0.6) is 0 Å². The molecular formula is C20H20N4O3S. The molecule has 3 amide bonds. The summed E-state index contributed by atoms with van der Waals surface area (Å²) in [5.41, 5.74) is 1.15. The van der Waals surface area contributed by atoms with E-state index in [1.165, 1.54) is 0 Å². The van der Waals surface area contributed by atoms with Crippen LogP contribution in [-0.4, -0.2) is 34.2 Å². The number of nitrogens with one attached hydrogen (secondary N) is 3. The molecule has 1 aliphatic heterocycles. The number of benzene rings is 2. The van der Waals surface area contributed by atoms with E-state index < -0.39 is 17.1 Å². The molecule has 0 unspecified atom stereocenters. The molecule has 2 aromatic carbocycles. The lowest BCUT2D eigenvalue weighted by molar-refractivity contribution is -0.123. The molecule has 0 saturated carbocycles. The third-order valence-electron chi connectivity index (χ3n) is 3.85. The van der Waals surface area contributed by atoms with E-state index in [4.69, 9.17) is 0 Å². The molecule has 1 heterocycles. The number of nitrogens with zero attached hydrogens (tertiary/aromatic N) is 1. The highest BCUT2D eigenvalue weighted by Gasteiger charge is 2.31. The van der Waals surface area contributed by atoms with Crippen molar-refractivity contribution in [3.8, 4) is 0 Å². The molecule has 2 aromatic rings. The molecular weight excluding hydrogens is 376 g/mol. The lowest BCUT2D eigenvalue weighted by Gasteiger charge is -2.21. The van der Waals surface area contributed by atoms with E-state index in [0.717, 1.165) is 11.8 Å². The Bertz CT molecular complexity index is 833. The summed E-state index contributed by atoms with van der Waals surface area (Å²) in [6.45, 7) is 1.81. The number of amides is 3. The summed E-state index contributed by atoms with van der Waals surface area (Å²) in [6.07, 6.45) is 0.279. The molecule has 3 rings (SSSR count). The van der Waals surface area contributed by atoms with Crippen molar-refractivity contribution in [3.63, 3.8) is 0 Å². The predicted molar refractivity (Wildman–Crippen MR) is 111 cm³/mol. The third-order valence-corrected chi connectivity index (χ3v) is 4.95. The molecule has 7 nitrogen and oxygen atoms in total. The van der Waals surface area contributed by atoms with Crippen LogP contribution in [0.1, 0.15) is 13.3 Å². The van der Waals surface area contributed by atoms with Gasteiger partial charge in [0.1, 0.15) is 0 Å². The fourth-order valence-electron chi connectivity index (χ4n) is 2.57. The molecule has 8 heteroatoms. The van der Waals surface area contributed by atoms with Crippen LogP contribution in [0.4, 0.5) is 11.4 Å². The second kappa shape index (κ2) is 9.18. The van der Waals surface area contributed by atoms with Gasteiger partial charge in [0.05, 0.1) is 6.04 Å². The second-order valence-corrected chi connectivity index (χ2v) is 7.34. The standard InChI is InChI=1S/C20H20N4O3S/c1-13-12-16(25)24-20(21-13)28-17(18(26)22-14-8-4-2-5-9-14)19(27)23-15-10-6-3-7-11-15/h2-11,13,17H,12H2,1H3,(H,22,26)(H,23,27)(H,21,24,25)/t13-/m0/s1. The van der Waals surface area contributed by atoms with Crippen LogP contribution < -0.4 is 16.0 Å². The minimum absolute atomic E-state index is 0.185. The van der Waals surface area contributed by atoms with E-state index in [1.807, 2.05) is 19.1 Å². The lowest BCUT2D eigenvalue weighted by atomic mass is 10.2. The summed E-state index contributed by atoms with van der Waals surface area (Å²) >= 11 is 0.922. The number of aliphatic imine (C=N–C) groups is 1. The fourth-order valence-corrected chi connectivity index (χ4v) is 3.54. The zero-order valence-electron chi connectivity index (χ0n) is 15.2. The number of carbonyl (C=O) groups is 3. The number of thioether (sulfide) groups is 1. The Morgan fingerprint density at radius 2 is 1.50 bits per heavy atom. The van der Waals surface area contributed by atoms with Crippen LogP contribution in [0, 0.1) is 0 Å². The van der Waals surface area contributed by atoms with Crippen LogP contribution in [-0.2, 0) is 14.4 Å². The van der Waals surface area contributed by atoms with E-state index >= 15 is 0 Å². The van der Waals surface area contributed by atoms with Gasteiger partial charge in [0.15, 0.2) is 10.4 Å². The molecule has 0 spiro atoms. The first-order valence-electron chi connectivity index (χ1n) is 8.77. The van der Waals surface area contributed by atoms with Crippen LogP contribution in [0.2, 0.25) is 0 Å². The molecule has 3 N–H and O–H groups in total. The first-order valence-corrected chi connectivity index (χ1v) is 9.65. The van der Waals surface area contributed by atoms with Gasteiger partial charge in [0.2, 0.25) is 17.7 Å². The van der Waals surface area contributed by atoms with Gasteiger partial charge in [0, 0.05) is 17.8 Å².